The summed E-state index contributed by atoms with van der Waals surface area (Å²) in [6, 6.07) is 6.84. The Morgan fingerprint density at radius 2 is 2.31 bits per heavy atom. The highest BCUT2D eigenvalue weighted by atomic mass is 16.1. The van der Waals surface area contributed by atoms with Gasteiger partial charge in [-0.1, -0.05) is 0 Å². The number of anilines is 1. The van der Waals surface area contributed by atoms with Crippen LogP contribution in [0.1, 0.15) is 5.56 Å². The maximum atomic E-state index is 9.94. The zero-order valence-electron chi connectivity index (χ0n) is 7.03. The first kappa shape index (κ1) is 8.98. The Bertz CT molecular complexity index is 400. The molecule has 4 heteroatoms. The summed E-state index contributed by atoms with van der Waals surface area (Å²) in [5, 5.41) is 11.6. The Balaban J connectivity index is 3.22. The van der Waals surface area contributed by atoms with Gasteiger partial charge in [0.1, 0.15) is 6.07 Å². The summed E-state index contributed by atoms with van der Waals surface area (Å²) >= 11 is 0. The second-order valence-electron chi connectivity index (χ2n) is 2.29. The number of hydrogen-bond acceptors (Lipinski definition) is 4. The lowest BCUT2D eigenvalue weighted by atomic mass is 10.2. The van der Waals surface area contributed by atoms with Crippen LogP contribution in [0.3, 0.4) is 0 Å². The molecule has 0 aliphatic heterocycles. The Hall–Kier alpha value is -2.11. The molecule has 64 valence electrons. The Morgan fingerprint density at radius 1 is 1.54 bits per heavy atom. The van der Waals surface area contributed by atoms with Gasteiger partial charge in [-0.2, -0.15) is 10.3 Å². The molecule has 0 aliphatic rings. The number of nitriles is 1. The van der Waals surface area contributed by atoms with Crippen LogP contribution in [-0.2, 0) is 4.79 Å². The van der Waals surface area contributed by atoms with E-state index >= 15 is 0 Å². The number of nitrogens with one attached hydrogen (secondary N) is 1. The van der Waals surface area contributed by atoms with Gasteiger partial charge in [0.15, 0.2) is 0 Å². The van der Waals surface area contributed by atoms with Crippen molar-refractivity contribution in [2.45, 2.75) is 0 Å². The summed E-state index contributed by atoms with van der Waals surface area (Å²) in [6.07, 6.45) is 1.42. The Labute approximate surface area is 75.5 Å². The van der Waals surface area contributed by atoms with Crippen LogP contribution < -0.4 is 5.32 Å². The first-order valence-electron chi connectivity index (χ1n) is 3.61. The SMILES string of the molecule is CNc1ccc(N=C=O)cc1C#N. The highest BCUT2D eigenvalue weighted by molar-refractivity contribution is 5.63. The molecule has 0 aliphatic carbocycles. The zero-order chi connectivity index (χ0) is 9.68. The lowest BCUT2D eigenvalue weighted by molar-refractivity contribution is 0.565. The second kappa shape index (κ2) is 4.05. The standard InChI is InChI=1S/C9H7N3O/c1-11-9-3-2-8(12-6-13)4-7(9)5-10/h2-4,11H,1H3. The van der Waals surface area contributed by atoms with E-state index in [1.54, 1.807) is 19.2 Å². The molecule has 0 radical (unpaired) electrons. The summed E-state index contributed by atoms with van der Waals surface area (Å²) < 4.78 is 0. The third-order valence-electron chi connectivity index (χ3n) is 1.57. The van der Waals surface area contributed by atoms with Crippen molar-refractivity contribution in [3.8, 4) is 6.07 Å². The van der Waals surface area contributed by atoms with Crippen molar-refractivity contribution in [3.63, 3.8) is 0 Å². The highest BCUT2D eigenvalue weighted by Crippen LogP contribution is 2.20. The number of rotatable bonds is 2. The molecular formula is C9H7N3O. The van der Waals surface area contributed by atoms with Crippen LogP contribution >= 0.6 is 0 Å². The van der Waals surface area contributed by atoms with E-state index in [0.29, 0.717) is 16.9 Å². The lowest BCUT2D eigenvalue weighted by Crippen LogP contribution is -1.90. The van der Waals surface area contributed by atoms with Gasteiger partial charge in [-0.05, 0) is 18.2 Å². The van der Waals surface area contributed by atoms with E-state index in [2.05, 4.69) is 10.3 Å². The highest BCUT2D eigenvalue weighted by Gasteiger charge is 2.00. The van der Waals surface area contributed by atoms with Gasteiger partial charge in [-0.15, -0.1) is 0 Å². The number of nitrogens with zero attached hydrogens (tertiary/aromatic N) is 2. The van der Waals surface area contributed by atoms with Gasteiger partial charge in [-0.25, -0.2) is 4.79 Å². The minimum atomic E-state index is 0.436. The first-order valence-corrected chi connectivity index (χ1v) is 3.61. The molecule has 0 amide bonds. The average Bonchev–Trinajstić information content (AvgIpc) is 2.18. The normalized spacial score (nSPS) is 8.31. The fraction of sp³-hybridized carbons (Fsp3) is 0.111. The van der Waals surface area contributed by atoms with Crippen molar-refractivity contribution in [1.29, 1.82) is 5.26 Å². The fourth-order valence-electron chi connectivity index (χ4n) is 0.965. The maximum absolute atomic E-state index is 9.94. The molecule has 0 saturated heterocycles. The molecule has 0 bridgehead atoms. The zero-order valence-corrected chi connectivity index (χ0v) is 7.03. The van der Waals surface area contributed by atoms with E-state index in [0.717, 1.165) is 0 Å². The van der Waals surface area contributed by atoms with Crippen molar-refractivity contribution in [2.24, 2.45) is 4.99 Å². The van der Waals surface area contributed by atoms with Crippen molar-refractivity contribution >= 4 is 17.5 Å². The minimum absolute atomic E-state index is 0.436. The van der Waals surface area contributed by atoms with E-state index in [1.807, 2.05) is 6.07 Å². The van der Waals surface area contributed by atoms with Gasteiger partial charge in [0.05, 0.1) is 16.9 Å². The number of benzene rings is 1. The molecule has 1 aromatic rings. The monoisotopic (exact) mass is 173 g/mol. The summed E-state index contributed by atoms with van der Waals surface area (Å²) in [7, 11) is 1.72. The predicted molar refractivity (Wildman–Crippen MR) is 48.5 cm³/mol. The van der Waals surface area contributed by atoms with Crippen molar-refractivity contribution in [2.75, 3.05) is 12.4 Å². The molecule has 0 saturated carbocycles. The fourth-order valence-corrected chi connectivity index (χ4v) is 0.965. The number of hydrogen-bond donors (Lipinski definition) is 1. The topological polar surface area (TPSA) is 65.2 Å². The third kappa shape index (κ3) is 1.92. The van der Waals surface area contributed by atoms with Crippen LogP contribution in [0.25, 0.3) is 0 Å². The van der Waals surface area contributed by atoms with Crippen molar-refractivity contribution < 1.29 is 4.79 Å². The van der Waals surface area contributed by atoms with Gasteiger partial charge in [-0.3, -0.25) is 0 Å². The van der Waals surface area contributed by atoms with Crippen molar-refractivity contribution in [1.82, 2.24) is 0 Å². The van der Waals surface area contributed by atoms with Crippen LogP contribution in [0.2, 0.25) is 0 Å². The second-order valence-corrected chi connectivity index (χ2v) is 2.29. The van der Waals surface area contributed by atoms with Gasteiger partial charge in [0.2, 0.25) is 6.08 Å². The molecule has 0 heterocycles. The Morgan fingerprint density at radius 3 is 2.85 bits per heavy atom. The van der Waals surface area contributed by atoms with Crippen LogP contribution in [0.15, 0.2) is 23.2 Å². The average molecular weight is 173 g/mol. The molecule has 13 heavy (non-hydrogen) atoms. The third-order valence-corrected chi connectivity index (χ3v) is 1.57. The number of aliphatic imine (C=N–C) groups is 1. The summed E-state index contributed by atoms with van der Waals surface area (Å²) in [6.45, 7) is 0. The summed E-state index contributed by atoms with van der Waals surface area (Å²) in [4.78, 5) is 13.3. The largest absolute Gasteiger partial charge is 0.387 e. The first-order chi connectivity index (χ1) is 6.31. The molecule has 1 aromatic carbocycles. The van der Waals surface area contributed by atoms with E-state index in [4.69, 9.17) is 5.26 Å². The van der Waals surface area contributed by atoms with E-state index in [1.165, 1.54) is 12.1 Å². The molecule has 0 unspecified atom stereocenters. The molecule has 0 spiro atoms. The molecule has 0 fully saturated rings. The summed E-state index contributed by atoms with van der Waals surface area (Å²) in [5.41, 5.74) is 1.61. The van der Waals surface area contributed by atoms with Crippen LogP contribution in [0, 0.1) is 11.3 Å². The van der Waals surface area contributed by atoms with E-state index in [9.17, 15) is 4.79 Å². The van der Waals surface area contributed by atoms with Gasteiger partial charge >= 0.3 is 0 Å². The quantitative estimate of drug-likeness (QED) is 0.545. The molecular weight excluding hydrogens is 166 g/mol. The molecule has 0 atom stereocenters. The summed E-state index contributed by atoms with van der Waals surface area (Å²) in [5.74, 6) is 0. The molecule has 1 rings (SSSR count). The molecule has 4 nitrogen and oxygen atoms in total. The Kier molecular flexibility index (Phi) is 2.80. The van der Waals surface area contributed by atoms with Crippen LogP contribution in [-0.4, -0.2) is 13.1 Å². The molecule has 1 N–H and O–H groups in total. The smallest absolute Gasteiger partial charge is 0.240 e. The van der Waals surface area contributed by atoms with Gasteiger partial charge < -0.3 is 5.32 Å². The predicted octanol–water partition coefficient (Wildman–Crippen LogP) is 1.57. The molecule has 0 aromatic heterocycles. The maximum Gasteiger partial charge on any atom is 0.240 e. The van der Waals surface area contributed by atoms with Crippen molar-refractivity contribution in [3.05, 3.63) is 23.8 Å². The number of isocyanates is 1. The minimum Gasteiger partial charge on any atom is -0.387 e. The van der Waals surface area contributed by atoms with Crippen LogP contribution in [0.5, 0.6) is 0 Å². The van der Waals surface area contributed by atoms with Gasteiger partial charge in [0, 0.05) is 7.05 Å². The number of carbonyl (C=O) groups excluding carboxylic acids is 1. The van der Waals surface area contributed by atoms with Crippen LogP contribution in [0.4, 0.5) is 11.4 Å². The van der Waals surface area contributed by atoms with Gasteiger partial charge in [0.25, 0.3) is 0 Å². The van der Waals surface area contributed by atoms with E-state index in [-0.39, 0.29) is 0 Å². The lowest BCUT2D eigenvalue weighted by Gasteiger charge is -2.01. The van der Waals surface area contributed by atoms with E-state index < -0.39 is 0 Å².